The molecule has 0 aromatic carbocycles. The van der Waals surface area contributed by atoms with Gasteiger partial charge in [0.2, 0.25) is 12.1 Å². The molecule has 0 bridgehead atoms. The number of aromatic nitrogens is 3. The van der Waals surface area contributed by atoms with Crippen LogP contribution in [0.1, 0.15) is 0 Å². The van der Waals surface area contributed by atoms with E-state index < -0.39 is 4.92 Å². The maximum atomic E-state index is 10.4. The highest BCUT2D eigenvalue weighted by molar-refractivity contribution is 5.32. The van der Waals surface area contributed by atoms with E-state index in [0.29, 0.717) is 5.82 Å². The van der Waals surface area contributed by atoms with Crippen molar-refractivity contribution in [1.82, 2.24) is 9.55 Å². The van der Waals surface area contributed by atoms with Crippen molar-refractivity contribution in [2.45, 2.75) is 0 Å². The van der Waals surface area contributed by atoms with E-state index in [1.165, 1.54) is 12.3 Å². The van der Waals surface area contributed by atoms with Gasteiger partial charge in [-0.05, 0) is 0 Å². The average molecular weight is 332 g/mol. The predicted molar refractivity (Wildman–Crippen MR) is 51.4 cm³/mol. The highest BCUT2D eigenvalue weighted by Crippen LogP contribution is 2.10. The van der Waals surface area contributed by atoms with Gasteiger partial charge in [-0.2, -0.15) is 4.57 Å². The number of pyridine rings is 1. The summed E-state index contributed by atoms with van der Waals surface area (Å²) in [4.78, 5) is 13.9. The quantitative estimate of drug-likeness (QED) is 0.267. The molecule has 84 valence electrons. The van der Waals surface area contributed by atoms with E-state index >= 15 is 0 Å². The molecule has 0 saturated carbocycles. The Labute approximate surface area is 109 Å². The van der Waals surface area contributed by atoms with Crippen molar-refractivity contribution < 1.29 is 33.5 Å². The molecule has 7 heteroatoms. The molecule has 2 aromatic rings. The predicted octanol–water partition coefficient (Wildman–Crippen LogP) is -2.39. The Morgan fingerprint density at radius 3 is 2.69 bits per heavy atom. The molecule has 2 rings (SSSR count). The van der Waals surface area contributed by atoms with Crippen LogP contribution in [-0.2, 0) is 7.05 Å². The summed E-state index contributed by atoms with van der Waals surface area (Å²) in [7, 11) is 1.89. The summed E-state index contributed by atoms with van der Waals surface area (Å²) in [5.74, 6) is 0.654. The third-order valence-corrected chi connectivity index (χ3v) is 1.98. The van der Waals surface area contributed by atoms with E-state index in [-0.39, 0.29) is 29.7 Å². The van der Waals surface area contributed by atoms with Gasteiger partial charge >= 0.3 is 0 Å². The third kappa shape index (κ3) is 2.54. The first-order valence-electron chi connectivity index (χ1n) is 4.31. The molecule has 0 unspecified atom stereocenters. The summed E-state index contributed by atoms with van der Waals surface area (Å²) < 4.78 is 3.65. The zero-order valence-electron chi connectivity index (χ0n) is 8.45. The first kappa shape index (κ1) is 12.6. The minimum absolute atomic E-state index is 0. The number of imidazole rings is 1. The molecule has 0 spiro atoms. The van der Waals surface area contributed by atoms with E-state index in [0.717, 1.165) is 0 Å². The summed E-state index contributed by atoms with van der Waals surface area (Å²) in [5.41, 5.74) is -0.00437. The first-order chi connectivity index (χ1) is 7.16. The SMILES string of the molecule is C[n+]1ccn(-c2ccc([N+](=O)[O-])cn2)c1.[I-]. The molecule has 16 heavy (non-hydrogen) atoms. The van der Waals surface area contributed by atoms with Crippen molar-refractivity contribution in [3.05, 3.63) is 47.2 Å². The molecular formula is C9H9IN4O2. The van der Waals surface area contributed by atoms with Crippen LogP contribution in [0.4, 0.5) is 5.69 Å². The molecule has 0 radical (unpaired) electrons. The Kier molecular flexibility index (Phi) is 3.93. The number of rotatable bonds is 2. The van der Waals surface area contributed by atoms with Crippen molar-refractivity contribution in [3.63, 3.8) is 0 Å². The van der Waals surface area contributed by atoms with E-state index in [4.69, 9.17) is 0 Å². The molecule has 0 fully saturated rings. The van der Waals surface area contributed by atoms with Crippen LogP contribution in [0.3, 0.4) is 0 Å². The third-order valence-electron chi connectivity index (χ3n) is 1.98. The Morgan fingerprint density at radius 1 is 1.50 bits per heavy atom. The molecule has 2 heterocycles. The molecule has 0 amide bonds. The largest absolute Gasteiger partial charge is 1.00 e. The first-order valence-corrected chi connectivity index (χ1v) is 4.31. The molecular weight excluding hydrogens is 323 g/mol. The number of halogens is 1. The van der Waals surface area contributed by atoms with E-state index in [1.54, 1.807) is 10.6 Å². The fourth-order valence-corrected chi connectivity index (χ4v) is 1.22. The molecule has 0 N–H and O–H groups in total. The minimum atomic E-state index is -0.466. The Morgan fingerprint density at radius 2 is 2.25 bits per heavy atom. The van der Waals surface area contributed by atoms with E-state index in [2.05, 4.69) is 4.98 Å². The van der Waals surface area contributed by atoms with Crippen LogP contribution in [0, 0.1) is 10.1 Å². The Balaban J connectivity index is 0.00000128. The lowest BCUT2D eigenvalue weighted by atomic mass is 10.4. The maximum absolute atomic E-state index is 10.4. The van der Waals surface area contributed by atoms with E-state index in [1.807, 2.05) is 30.3 Å². The summed E-state index contributed by atoms with van der Waals surface area (Å²) >= 11 is 0. The fraction of sp³-hybridized carbons (Fsp3) is 0.111. The highest BCUT2D eigenvalue weighted by Gasteiger charge is 2.09. The van der Waals surface area contributed by atoms with Gasteiger partial charge in [0.15, 0.2) is 0 Å². The lowest BCUT2D eigenvalue weighted by Crippen LogP contribution is -3.00. The summed E-state index contributed by atoms with van der Waals surface area (Å²) in [6.07, 6.45) is 6.76. The second kappa shape index (κ2) is 5.01. The molecule has 0 saturated heterocycles. The molecule has 2 aromatic heterocycles. The zero-order chi connectivity index (χ0) is 10.8. The van der Waals surface area contributed by atoms with Gasteiger partial charge in [0, 0.05) is 12.1 Å². The second-order valence-corrected chi connectivity index (χ2v) is 3.12. The van der Waals surface area contributed by atoms with Crippen LogP contribution in [0.25, 0.3) is 5.82 Å². The minimum Gasteiger partial charge on any atom is -1.00 e. The standard InChI is InChI=1S/C9H9N4O2.HI/c1-11-4-5-12(7-11)9-3-2-8(6-10-9)13(14)15;/h2-7H,1H3;1H/q+1;/p-1. The molecule has 0 aliphatic rings. The molecule has 0 aliphatic carbocycles. The smallest absolute Gasteiger partial charge is 0.287 e. The van der Waals surface area contributed by atoms with Crippen molar-refractivity contribution in [3.8, 4) is 5.82 Å². The highest BCUT2D eigenvalue weighted by atomic mass is 127. The topological polar surface area (TPSA) is 64.8 Å². The second-order valence-electron chi connectivity index (χ2n) is 3.12. The van der Waals surface area contributed by atoms with Crippen LogP contribution >= 0.6 is 0 Å². The summed E-state index contributed by atoms with van der Waals surface area (Å²) in [5, 5.41) is 10.4. The van der Waals surface area contributed by atoms with Crippen molar-refractivity contribution in [2.75, 3.05) is 0 Å². The lowest BCUT2D eigenvalue weighted by Gasteiger charge is -1.93. The fourth-order valence-electron chi connectivity index (χ4n) is 1.22. The number of aryl methyl sites for hydroxylation is 1. The average Bonchev–Trinajstić information content (AvgIpc) is 2.65. The van der Waals surface area contributed by atoms with Crippen LogP contribution in [0.5, 0.6) is 0 Å². The lowest BCUT2D eigenvalue weighted by molar-refractivity contribution is -0.670. The molecule has 6 nitrogen and oxygen atoms in total. The monoisotopic (exact) mass is 332 g/mol. The number of nitro groups is 1. The zero-order valence-corrected chi connectivity index (χ0v) is 10.6. The van der Waals surface area contributed by atoms with Gasteiger partial charge in [0.1, 0.15) is 18.6 Å². The van der Waals surface area contributed by atoms with Gasteiger partial charge in [-0.25, -0.2) is 9.55 Å². The van der Waals surface area contributed by atoms with Gasteiger partial charge < -0.3 is 24.0 Å². The van der Waals surface area contributed by atoms with Crippen molar-refractivity contribution in [2.24, 2.45) is 7.05 Å². The van der Waals surface area contributed by atoms with E-state index in [9.17, 15) is 10.1 Å². The van der Waals surface area contributed by atoms with Crippen molar-refractivity contribution in [1.29, 1.82) is 0 Å². The Bertz CT molecular complexity index is 494. The number of nitrogens with zero attached hydrogens (tertiary/aromatic N) is 4. The van der Waals surface area contributed by atoms with Crippen molar-refractivity contribution >= 4 is 5.69 Å². The number of hydrogen-bond donors (Lipinski definition) is 0. The van der Waals surface area contributed by atoms with Crippen LogP contribution in [0.2, 0.25) is 0 Å². The maximum Gasteiger partial charge on any atom is 0.287 e. The van der Waals surface area contributed by atoms with Crippen LogP contribution in [-0.4, -0.2) is 14.5 Å². The molecule has 0 atom stereocenters. The van der Waals surface area contributed by atoms with Gasteiger partial charge in [-0.15, -0.1) is 0 Å². The van der Waals surface area contributed by atoms with Gasteiger partial charge in [0.25, 0.3) is 5.69 Å². The van der Waals surface area contributed by atoms with Gasteiger partial charge in [-0.1, -0.05) is 0 Å². The van der Waals surface area contributed by atoms with Gasteiger partial charge in [0.05, 0.1) is 12.0 Å². The van der Waals surface area contributed by atoms with Gasteiger partial charge in [-0.3, -0.25) is 10.1 Å². The Hall–Kier alpha value is -1.51. The summed E-state index contributed by atoms with van der Waals surface area (Å²) in [6, 6.07) is 3.04. The number of hydrogen-bond acceptors (Lipinski definition) is 3. The van der Waals surface area contributed by atoms with Crippen LogP contribution in [0.15, 0.2) is 37.1 Å². The summed E-state index contributed by atoms with van der Waals surface area (Å²) in [6.45, 7) is 0. The normalized spacial score (nSPS) is 9.56. The van der Waals surface area contributed by atoms with Crippen LogP contribution < -0.4 is 28.5 Å². The molecule has 0 aliphatic heterocycles.